The first-order chi connectivity index (χ1) is 9.99. The summed E-state index contributed by atoms with van der Waals surface area (Å²) < 4.78 is 10.9. The molecule has 0 saturated carbocycles. The van der Waals surface area contributed by atoms with Crippen LogP contribution in [0.1, 0.15) is 32.4 Å². The molecule has 1 rings (SSSR count). The molecule has 1 aromatic carbocycles. The Labute approximate surface area is 138 Å². The second kappa shape index (κ2) is 7.13. The Balaban J connectivity index is 3.08. The number of esters is 1. The van der Waals surface area contributed by atoms with Gasteiger partial charge in [0.15, 0.2) is 14.4 Å². The third-order valence-electron chi connectivity index (χ3n) is 4.16. The maximum atomic E-state index is 12.1. The average Bonchev–Trinajstić information content (AvgIpc) is 2.43. The molecule has 0 aliphatic rings. The summed E-state index contributed by atoms with van der Waals surface area (Å²) in [6, 6.07) is 6.69. The van der Waals surface area contributed by atoms with Crippen molar-refractivity contribution in [1.29, 1.82) is 0 Å². The second-order valence-corrected chi connectivity index (χ2v) is 12.0. The van der Waals surface area contributed by atoms with Gasteiger partial charge in [-0.1, -0.05) is 44.5 Å². The molecule has 2 atom stereocenters. The van der Waals surface area contributed by atoms with Crippen molar-refractivity contribution in [3.63, 3.8) is 0 Å². The van der Waals surface area contributed by atoms with Crippen molar-refractivity contribution in [2.24, 2.45) is 0 Å². The summed E-state index contributed by atoms with van der Waals surface area (Å²) in [5.41, 5.74) is 0.568. The molecule has 0 aromatic heterocycles. The number of aliphatic hydroxyl groups is 1. The minimum absolute atomic E-state index is 0.0843. The number of aliphatic hydroxyl groups excluding tert-OH is 1. The predicted molar refractivity (Wildman–Crippen MR) is 90.5 cm³/mol. The number of benzene rings is 1. The highest BCUT2D eigenvalue weighted by Gasteiger charge is 2.43. The molecule has 0 bridgehead atoms. The topological polar surface area (TPSA) is 55.8 Å². The summed E-state index contributed by atoms with van der Waals surface area (Å²) in [6.07, 6.45) is -2.15. The Morgan fingerprint density at radius 3 is 2.14 bits per heavy atom. The fourth-order valence-electron chi connectivity index (χ4n) is 1.69. The standard InChI is InChI=1S/C16H25ClO4Si/c1-16(2,3)22(5,6)21-14(15(19)20-4)13(18)11-7-9-12(17)10-8-11/h7-10,13-14,18H,1-6H3/t13-,14+/m0/s1. The van der Waals surface area contributed by atoms with E-state index >= 15 is 0 Å². The van der Waals surface area contributed by atoms with Gasteiger partial charge < -0.3 is 14.3 Å². The van der Waals surface area contributed by atoms with Crippen LogP contribution in [0.4, 0.5) is 0 Å². The lowest BCUT2D eigenvalue weighted by atomic mass is 10.0. The summed E-state index contributed by atoms with van der Waals surface area (Å²) in [4.78, 5) is 12.1. The van der Waals surface area contributed by atoms with Gasteiger partial charge in [-0.2, -0.15) is 0 Å². The van der Waals surface area contributed by atoms with Gasteiger partial charge in [-0.05, 0) is 35.8 Å². The van der Waals surface area contributed by atoms with Crippen LogP contribution in [-0.2, 0) is 14.0 Å². The van der Waals surface area contributed by atoms with Crippen molar-refractivity contribution >= 4 is 25.9 Å². The third-order valence-corrected chi connectivity index (χ3v) is 8.87. The van der Waals surface area contributed by atoms with E-state index in [0.29, 0.717) is 10.6 Å². The summed E-state index contributed by atoms with van der Waals surface area (Å²) in [6.45, 7) is 10.3. The number of methoxy groups -OCH3 is 1. The van der Waals surface area contributed by atoms with Crippen LogP contribution in [0.25, 0.3) is 0 Å². The number of rotatable bonds is 5. The minimum Gasteiger partial charge on any atom is -0.467 e. The molecule has 0 unspecified atom stereocenters. The number of carbonyl (C=O) groups is 1. The van der Waals surface area contributed by atoms with Gasteiger partial charge in [-0.3, -0.25) is 0 Å². The Bertz CT molecular complexity index is 508. The van der Waals surface area contributed by atoms with Crippen LogP contribution >= 0.6 is 11.6 Å². The average molecular weight is 345 g/mol. The van der Waals surface area contributed by atoms with E-state index in [-0.39, 0.29) is 5.04 Å². The van der Waals surface area contributed by atoms with Crippen molar-refractivity contribution < 1.29 is 19.1 Å². The van der Waals surface area contributed by atoms with Gasteiger partial charge in [0, 0.05) is 5.02 Å². The molecular formula is C16H25ClO4Si. The van der Waals surface area contributed by atoms with Crippen LogP contribution in [0.15, 0.2) is 24.3 Å². The number of carbonyl (C=O) groups excluding carboxylic acids is 1. The summed E-state index contributed by atoms with van der Waals surface area (Å²) >= 11 is 5.85. The molecule has 4 nitrogen and oxygen atoms in total. The van der Waals surface area contributed by atoms with E-state index in [1.165, 1.54) is 7.11 Å². The quantitative estimate of drug-likeness (QED) is 0.649. The van der Waals surface area contributed by atoms with E-state index in [2.05, 4.69) is 20.8 Å². The molecule has 0 radical (unpaired) electrons. The summed E-state index contributed by atoms with van der Waals surface area (Å²) in [5, 5.41) is 11.0. The fourth-order valence-corrected chi connectivity index (χ4v) is 3.03. The van der Waals surface area contributed by atoms with Gasteiger partial charge in [-0.25, -0.2) is 4.79 Å². The Kier molecular flexibility index (Phi) is 6.21. The van der Waals surface area contributed by atoms with Crippen molar-refractivity contribution in [2.75, 3.05) is 7.11 Å². The predicted octanol–water partition coefficient (Wildman–Crippen LogP) is 3.94. The number of halogens is 1. The van der Waals surface area contributed by atoms with Crippen LogP contribution in [0.3, 0.4) is 0 Å². The SMILES string of the molecule is COC(=O)[C@H](O[Si](C)(C)C(C)(C)C)[C@@H](O)c1ccc(Cl)cc1. The molecule has 1 N–H and O–H groups in total. The molecule has 22 heavy (non-hydrogen) atoms. The Morgan fingerprint density at radius 2 is 1.73 bits per heavy atom. The zero-order valence-electron chi connectivity index (χ0n) is 14.0. The molecular weight excluding hydrogens is 320 g/mol. The van der Waals surface area contributed by atoms with E-state index < -0.39 is 26.5 Å². The lowest BCUT2D eigenvalue weighted by Crippen LogP contribution is -2.48. The molecule has 0 saturated heterocycles. The second-order valence-electron chi connectivity index (χ2n) is 6.82. The van der Waals surface area contributed by atoms with Crippen LogP contribution in [-0.4, -0.2) is 32.6 Å². The molecule has 0 heterocycles. The van der Waals surface area contributed by atoms with Gasteiger partial charge >= 0.3 is 5.97 Å². The van der Waals surface area contributed by atoms with Crippen molar-refractivity contribution in [3.8, 4) is 0 Å². The number of hydrogen-bond acceptors (Lipinski definition) is 4. The monoisotopic (exact) mass is 344 g/mol. The van der Waals surface area contributed by atoms with Gasteiger partial charge in [0.2, 0.25) is 0 Å². The fraction of sp³-hybridized carbons (Fsp3) is 0.562. The summed E-state index contributed by atoms with van der Waals surface area (Å²) in [5.74, 6) is -0.577. The molecule has 1 aromatic rings. The smallest absolute Gasteiger partial charge is 0.336 e. The van der Waals surface area contributed by atoms with Gasteiger partial charge in [0.25, 0.3) is 0 Å². The molecule has 0 spiro atoms. The molecule has 0 aliphatic heterocycles. The maximum absolute atomic E-state index is 12.1. The Morgan fingerprint density at radius 1 is 1.23 bits per heavy atom. The van der Waals surface area contributed by atoms with E-state index in [1.54, 1.807) is 24.3 Å². The van der Waals surface area contributed by atoms with Crippen LogP contribution in [0, 0.1) is 0 Å². The van der Waals surface area contributed by atoms with Crippen molar-refractivity contribution in [2.45, 2.75) is 51.1 Å². The Hall–Kier alpha value is -0.883. The third kappa shape index (κ3) is 4.55. The maximum Gasteiger partial charge on any atom is 0.336 e. The molecule has 6 heteroatoms. The highest BCUT2D eigenvalue weighted by atomic mass is 35.5. The van der Waals surface area contributed by atoms with Crippen LogP contribution in [0.5, 0.6) is 0 Å². The van der Waals surface area contributed by atoms with E-state index in [9.17, 15) is 9.90 Å². The number of ether oxygens (including phenoxy) is 1. The van der Waals surface area contributed by atoms with Gasteiger partial charge in [-0.15, -0.1) is 0 Å². The highest BCUT2D eigenvalue weighted by Crippen LogP contribution is 2.39. The largest absolute Gasteiger partial charge is 0.467 e. The van der Waals surface area contributed by atoms with Gasteiger partial charge in [0.05, 0.1) is 7.11 Å². The first-order valence-corrected chi connectivity index (χ1v) is 10.5. The lowest BCUT2D eigenvalue weighted by Gasteiger charge is -2.39. The normalized spacial score (nSPS) is 15.3. The van der Waals surface area contributed by atoms with E-state index in [4.69, 9.17) is 20.8 Å². The van der Waals surface area contributed by atoms with Crippen molar-refractivity contribution in [1.82, 2.24) is 0 Å². The molecule has 124 valence electrons. The molecule has 0 amide bonds. The molecule has 0 fully saturated rings. The van der Waals surface area contributed by atoms with Gasteiger partial charge in [0.1, 0.15) is 6.10 Å². The zero-order chi connectivity index (χ0) is 17.1. The lowest BCUT2D eigenvalue weighted by molar-refractivity contribution is -0.155. The van der Waals surface area contributed by atoms with Crippen LogP contribution < -0.4 is 0 Å². The highest BCUT2D eigenvalue weighted by molar-refractivity contribution is 6.74. The van der Waals surface area contributed by atoms with Crippen LogP contribution in [0.2, 0.25) is 23.2 Å². The molecule has 0 aliphatic carbocycles. The number of hydrogen-bond donors (Lipinski definition) is 1. The first kappa shape index (κ1) is 19.2. The summed E-state index contributed by atoms with van der Waals surface area (Å²) in [7, 11) is -0.950. The van der Waals surface area contributed by atoms with E-state index in [1.807, 2.05) is 13.1 Å². The first-order valence-electron chi connectivity index (χ1n) is 7.19. The minimum atomic E-state index is -2.24. The van der Waals surface area contributed by atoms with Crippen molar-refractivity contribution in [3.05, 3.63) is 34.9 Å². The van der Waals surface area contributed by atoms with E-state index in [0.717, 1.165) is 0 Å². The zero-order valence-corrected chi connectivity index (χ0v) is 15.8.